The molecule has 2 aromatic carbocycles. The lowest BCUT2D eigenvalue weighted by Crippen LogP contribution is -2.28. The fourth-order valence-electron chi connectivity index (χ4n) is 1.75. The third-order valence-corrected chi connectivity index (χ3v) is 3.17. The first-order chi connectivity index (χ1) is 11.6. The monoisotopic (exact) mass is 343 g/mol. The zero-order chi connectivity index (χ0) is 17.4. The number of amides is 3. The van der Waals surface area contributed by atoms with Crippen molar-refractivity contribution >= 4 is 29.2 Å². The van der Waals surface area contributed by atoms with Crippen LogP contribution in [0.2, 0.25) is 5.02 Å². The van der Waals surface area contributed by atoms with Crippen molar-refractivity contribution in [2.75, 3.05) is 11.9 Å². The van der Waals surface area contributed by atoms with Crippen LogP contribution in [0.25, 0.3) is 0 Å². The maximum Gasteiger partial charge on any atom is 0.319 e. The number of carbonyl (C=O) groups excluding carboxylic acids is 2. The molecule has 0 saturated heterocycles. The van der Waals surface area contributed by atoms with E-state index < -0.39 is 5.91 Å². The van der Waals surface area contributed by atoms with Crippen LogP contribution in [0.4, 0.5) is 10.5 Å². The molecule has 0 bridgehead atoms. The fourth-order valence-corrected chi connectivity index (χ4v) is 1.87. The standard InChI is InChI=1S/C17H14ClN3O3/c18-14-7-9-15(10-8-14)20-17(23)19-11-1-2-12-3-5-13(6-4-12)16(22)21-24/h3-10,24H,11H2,(H,21,22)(H2,19,20,23). The van der Waals surface area contributed by atoms with Gasteiger partial charge in [-0.15, -0.1) is 0 Å². The zero-order valence-corrected chi connectivity index (χ0v) is 13.2. The van der Waals surface area contributed by atoms with Crippen molar-refractivity contribution in [2.45, 2.75) is 0 Å². The van der Waals surface area contributed by atoms with Gasteiger partial charge in [0.1, 0.15) is 0 Å². The SMILES string of the molecule is O=C(NCC#Cc1ccc(C(=O)NO)cc1)Nc1ccc(Cl)cc1. The molecule has 0 radical (unpaired) electrons. The van der Waals surface area contributed by atoms with Crippen molar-refractivity contribution in [1.29, 1.82) is 0 Å². The minimum Gasteiger partial charge on any atom is -0.327 e. The molecule has 0 fully saturated rings. The van der Waals surface area contributed by atoms with Gasteiger partial charge in [-0.3, -0.25) is 10.0 Å². The summed E-state index contributed by atoms with van der Waals surface area (Å²) >= 11 is 5.76. The average Bonchev–Trinajstić information content (AvgIpc) is 2.60. The Hall–Kier alpha value is -3.01. The summed E-state index contributed by atoms with van der Waals surface area (Å²) in [6, 6.07) is 12.7. The van der Waals surface area contributed by atoms with Crippen LogP contribution in [0.3, 0.4) is 0 Å². The third-order valence-electron chi connectivity index (χ3n) is 2.92. The minimum absolute atomic E-state index is 0.165. The molecule has 0 heterocycles. The van der Waals surface area contributed by atoms with Gasteiger partial charge in [0, 0.05) is 21.8 Å². The highest BCUT2D eigenvalue weighted by atomic mass is 35.5. The quantitative estimate of drug-likeness (QED) is 0.392. The number of carbonyl (C=O) groups is 2. The molecule has 0 aliphatic carbocycles. The molecule has 4 N–H and O–H groups in total. The molecule has 122 valence electrons. The second-order valence-electron chi connectivity index (χ2n) is 4.63. The lowest BCUT2D eigenvalue weighted by atomic mass is 10.1. The first kappa shape index (κ1) is 17.3. The largest absolute Gasteiger partial charge is 0.327 e. The van der Waals surface area contributed by atoms with E-state index in [0.29, 0.717) is 21.8 Å². The summed E-state index contributed by atoms with van der Waals surface area (Å²) in [6.07, 6.45) is 0. The van der Waals surface area contributed by atoms with Crippen LogP contribution in [0.15, 0.2) is 48.5 Å². The van der Waals surface area contributed by atoms with E-state index in [1.54, 1.807) is 41.9 Å². The fraction of sp³-hybridized carbons (Fsp3) is 0.0588. The summed E-state index contributed by atoms with van der Waals surface area (Å²) in [4.78, 5) is 22.8. The van der Waals surface area contributed by atoms with Crippen LogP contribution in [0.1, 0.15) is 15.9 Å². The van der Waals surface area contributed by atoms with Gasteiger partial charge >= 0.3 is 6.03 Å². The molecule has 0 aromatic heterocycles. The summed E-state index contributed by atoms with van der Waals surface area (Å²) in [5, 5.41) is 14.4. The highest BCUT2D eigenvalue weighted by Crippen LogP contribution is 2.12. The number of hydroxylamine groups is 1. The molecular weight excluding hydrogens is 330 g/mol. The summed E-state index contributed by atoms with van der Waals surface area (Å²) in [5.74, 6) is 5.06. The number of hydrogen-bond acceptors (Lipinski definition) is 3. The van der Waals surface area contributed by atoms with E-state index in [9.17, 15) is 9.59 Å². The highest BCUT2D eigenvalue weighted by Gasteiger charge is 2.02. The Bertz CT molecular complexity index is 777. The number of urea groups is 1. The lowest BCUT2D eigenvalue weighted by Gasteiger charge is -2.04. The smallest absolute Gasteiger partial charge is 0.319 e. The van der Waals surface area contributed by atoms with E-state index in [-0.39, 0.29) is 12.6 Å². The Balaban J connectivity index is 1.81. The van der Waals surface area contributed by atoms with Gasteiger partial charge in [0.2, 0.25) is 0 Å². The molecule has 0 spiro atoms. The summed E-state index contributed by atoms with van der Waals surface area (Å²) < 4.78 is 0. The first-order valence-corrected chi connectivity index (χ1v) is 7.30. The molecule has 0 saturated carbocycles. The molecule has 0 aliphatic rings. The van der Waals surface area contributed by atoms with Crippen molar-refractivity contribution < 1.29 is 14.8 Å². The first-order valence-electron chi connectivity index (χ1n) is 6.92. The van der Waals surface area contributed by atoms with Crippen LogP contribution in [-0.4, -0.2) is 23.7 Å². The van der Waals surface area contributed by atoms with Crippen molar-refractivity contribution in [1.82, 2.24) is 10.8 Å². The Morgan fingerprint density at radius 2 is 1.71 bits per heavy atom. The zero-order valence-electron chi connectivity index (χ0n) is 12.5. The predicted octanol–water partition coefficient (Wildman–Crippen LogP) is 2.63. The van der Waals surface area contributed by atoms with E-state index in [0.717, 1.165) is 0 Å². The molecule has 0 atom stereocenters. The van der Waals surface area contributed by atoms with Gasteiger partial charge in [-0.2, -0.15) is 0 Å². The summed E-state index contributed by atoms with van der Waals surface area (Å²) in [6.45, 7) is 0.165. The van der Waals surface area contributed by atoms with Crippen LogP contribution in [0, 0.1) is 11.8 Å². The molecule has 2 aromatic rings. The number of nitrogens with one attached hydrogen (secondary N) is 3. The van der Waals surface area contributed by atoms with Crippen molar-refractivity contribution in [2.24, 2.45) is 0 Å². The Labute approximate surface area is 143 Å². The maximum atomic E-state index is 11.7. The van der Waals surface area contributed by atoms with E-state index >= 15 is 0 Å². The van der Waals surface area contributed by atoms with Crippen molar-refractivity contribution in [3.63, 3.8) is 0 Å². The van der Waals surface area contributed by atoms with E-state index in [1.165, 1.54) is 12.1 Å². The summed E-state index contributed by atoms with van der Waals surface area (Å²) in [7, 11) is 0. The van der Waals surface area contributed by atoms with Gasteiger partial charge in [-0.25, -0.2) is 10.3 Å². The van der Waals surface area contributed by atoms with Crippen molar-refractivity contribution in [3.05, 3.63) is 64.7 Å². The number of anilines is 1. The van der Waals surface area contributed by atoms with Crippen LogP contribution in [0.5, 0.6) is 0 Å². The maximum absolute atomic E-state index is 11.7. The molecule has 7 heteroatoms. The summed E-state index contributed by atoms with van der Waals surface area (Å²) in [5.41, 5.74) is 3.19. The number of hydrogen-bond donors (Lipinski definition) is 4. The van der Waals surface area contributed by atoms with Gasteiger partial charge in [0.15, 0.2) is 0 Å². The highest BCUT2D eigenvalue weighted by molar-refractivity contribution is 6.30. The second-order valence-corrected chi connectivity index (χ2v) is 5.07. The number of benzene rings is 2. The van der Waals surface area contributed by atoms with Crippen LogP contribution in [-0.2, 0) is 0 Å². The van der Waals surface area contributed by atoms with Crippen molar-refractivity contribution in [3.8, 4) is 11.8 Å². The Morgan fingerprint density at radius 3 is 2.33 bits per heavy atom. The molecule has 6 nitrogen and oxygen atoms in total. The van der Waals surface area contributed by atoms with Crippen LogP contribution >= 0.6 is 11.6 Å². The molecular formula is C17H14ClN3O3. The Kier molecular flexibility index (Phi) is 6.20. The van der Waals surface area contributed by atoms with Gasteiger partial charge in [-0.1, -0.05) is 23.4 Å². The minimum atomic E-state index is -0.588. The third kappa shape index (κ3) is 5.32. The normalized spacial score (nSPS) is 9.42. The number of halogens is 1. The van der Waals surface area contributed by atoms with Gasteiger partial charge in [-0.05, 0) is 48.5 Å². The van der Waals surface area contributed by atoms with E-state index in [2.05, 4.69) is 22.5 Å². The molecule has 2 rings (SSSR count). The van der Waals surface area contributed by atoms with Gasteiger partial charge in [0.25, 0.3) is 5.91 Å². The van der Waals surface area contributed by atoms with Gasteiger partial charge in [0.05, 0.1) is 6.54 Å². The van der Waals surface area contributed by atoms with Crippen LogP contribution < -0.4 is 16.1 Å². The number of rotatable bonds is 3. The predicted molar refractivity (Wildman–Crippen MR) is 91.0 cm³/mol. The average molecular weight is 344 g/mol. The molecule has 24 heavy (non-hydrogen) atoms. The molecule has 3 amide bonds. The Morgan fingerprint density at radius 1 is 1.04 bits per heavy atom. The topological polar surface area (TPSA) is 90.5 Å². The second kappa shape index (κ2) is 8.58. The molecule has 0 unspecified atom stereocenters. The van der Waals surface area contributed by atoms with E-state index in [4.69, 9.17) is 16.8 Å². The molecule has 0 aliphatic heterocycles. The van der Waals surface area contributed by atoms with Gasteiger partial charge < -0.3 is 10.6 Å². The van der Waals surface area contributed by atoms with E-state index in [1.807, 2.05) is 0 Å². The lowest BCUT2D eigenvalue weighted by molar-refractivity contribution is 0.0706.